The molecule has 1 saturated heterocycles. The van der Waals surface area contributed by atoms with Gasteiger partial charge in [-0.2, -0.15) is 0 Å². The van der Waals surface area contributed by atoms with Crippen molar-refractivity contribution in [3.8, 4) is 0 Å². The summed E-state index contributed by atoms with van der Waals surface area (Å²) in [6.45, 7) is 9.54. The smallest absolute Gasteiger partial charge is 0.00827 e. The summed E-state index contributed by atoms with van der Waals surface area (Å²) in [4.78, 5) is 2.61. The third-order valence-electron chi connectivity index (χ3n) is 4.41. The van der Waals surface area contributed by atoms with Gasteiger partial charge in [0, 0.05) is 25.2 Å². The van der Waals surface area contributed by atoms with Gasteiger partial charge in [-0.1, -0.05) is 6.92 Å². The van der Waals surface area contributed by atoms with E-state index in [2.05, 4.69) is 25.7 Å². The fraction of sp³-hybridized carbons (Fsp3) is 1.00. The van der Waals surface area contributed by atoms with Crippen molar-refractivity contribution in [2.45, 2.75) is 45.7 Å². The number of fused-ring (bicyclic) bond motifs is 1. The molecule has 2 fully saturated rings. The van der Waals surface area contributed by atoms with Gasteiger partial charge in [0.1, 0.15) is 0 Å². The van der Waals surface area contributed by atoms with Gasteiger partial charge in [-0.05, 0) is 44.4 Å². The lowest BCUT2D eigenvalue weighted by Gasteiger charge is -2.35. The average molecular weight is 196 g/mol. The molecule has 1 saturated carbocycles. The summed E-state index contributed by atoms with van der Waals surface area (Å²) in [7, 11) is 0. The first-order chi connectivity index (χ1) is 6.59. The van der Waals surface area contributed by atoms with Gasteiger partial charge >= 0.3 is 0 Å². The molecular weight excluding hydrogens is 172 g/mol. The predicted octanol–water partition coefficient (Wildman–Crippen LogP) is 1.70. The number of nitrogens with zero attached hydrogens (tertiary/aromatic N) is 1. The van der Waals surface area contributed by atoms with E-state index in [0.717, 1.165) is 17.8 Å². The highest BCUT2D eigenvalue weighted by atomic mass is 15.2. The van der Waals surface area contributed by atoms with Gasteiger partial charge in [0.05, 0.1) is 0 Å². The summed E-state index contributed by atoms with van der Waals surface area (Å²) >= 11 is 0. The van der Waals surface area contributed by atoms with Crippen LogP contribution >= 0.6 is 0 Å². The second kappa shape index (κ2) is 3.82. The lowest BCUT2D eigenvalue weighted by molar-refractivity contribution is 0.187. The monoisotopic (exact) mass is 196 g/mol. The van der Waals surface area contributed by atoms with Gasteiger partial charge in [-0.15, -0.1) is 0 Å². The normalized spacial score (nSPS) is 44.4. The summed E-state index contributed by atoms with van der Waals surface area (Å²) in [6, 6.07) is 1.17. The van der Waals surface area contributed by atoms with Crippen LogP contribution in [0, 0.1) is 17.8 Å². The fourth-order valence-electron chi connectivity index (χ4n) is 3.25. The van der Waals surface area contributed by atoms with E-state index in [-0.39, 0.29) is 0 Å². The number of nitrogens with two attached hydrogens (primary N) is 1. The summed E-state index contributed by atoms with van der Waals surface area (Å²) in [5.74, 6) is 2.55. The van der Waals surface area contributed by atoms with Crippen LogP contribution < -0.4 is 5.73 Å². The quantitative estimate of drug-likeness (QED) is 0.691. The molecule has 0 spiro atoms. The maximum atomic E-state index is 6.22. The molecule has 1 heterocycles. The number of likely N-dealkylation sites (tertiary alicyclic amines) is 1. The first-order valence-electron chi connectivity index (χ1n) is 6.09. The number of hydrogen-bond acceptors (Lipinski definition) is 2. The van der Waals surface area contributed by atoms with Gasteiger partial charge < -0.3 is 10.6 Å². The topological polar surface area (TPSA) is 29.3 Å². The molecule has 4 atom stereocenters. The Hall–Kier alpha value is -0.0800. The van der Waals surface area contributed by atoms with E-state index in [0.29, 0.717) is 12.1 Å². The molecule has 0 aromatic heterocycles. The van der Waals surface area contributed by atoms with Gasteiger partial charge in [-0.3, -0.25) is 0 Å². The molecule has 1 aliphatic heterocycles. The van der Waals surface area contributed by atoms with Gasteiger partial charge in [-0.25, -0.2) is 0 Å². The Balaban J connectivity index is 2.06. The Kier molecular flexibility index (Phi) is 2.85. The first-order valence-corrected chi connectivity index (χ1v) is 6.09. The van der Waals surface area contributed by atoms with E-state index in [1.54, 1.807) is 0 Å². The second-order valence-corrected chi connectivity index (χ2v) is 5.59. The Morgan fingerprint density at radius 3 is 2.36 bits per heavy atom. The maximum Gasteiger partial charge on any atom is 0.00827 e. The van der Waals surface area contributed by atoms with Crippen molar-refractivity contribution in [2.75, 3.05) is 13.1 Å². The molecular formula is C12H24N2. The minimum Gasteiger partial charge on any atom is -0.327 e. The molecule has 0 bridgehead atoms. The predicted molar refractivity (Wildman–Crippen MR) is 60.1 cm³/mol. The highest BCUT2D eigenvalue weighted by Gasteiger charge is 2.42. The summed E-state index contributed by atoms with van der Waals surface area (Å²) in [6.07, 6.45) is 2.59. The van der Waals surface area contributed by atoms with Crippen LogP contribution in [-0.2, 0) is 0 Å². The van der Waals surface area contributed by atoms with Crippen molar-refractivity contribution >= 4 is 0 Å². The van der Waals surface area contributed by atoms with E-state index in [1.165, 1.54) is 25.9 Å². The largest absolute Gasteiger partial charge is 0.327 e. The van der Waals surface area contributed by atoms with Gasteiger partial charge in [0.15, 0.2) is 0 Å². The molecule has 0 amide bonds. The lowest BCUT2D eigenvalue weighted by atomic mass is 9.72. The van der Waals surface area contributed by atoms with Crippen LogP contribution in [0.2, 0.25) is 0 Å². The zero-order valence-corrected chi connectivity index (χ0v) is 9.74. The summed E-state index contributed by atoms with van der Waals surface area (Å²) < 4.78 is 0. The van der Waals surface area contributed by atoms with E-state index in [9.17, 15) is 0 Å². The molecule has 2 heteroatoms. The van der Waals surface area contributed by atoms with E-state index >= 15 is 0 Å². The van der Waals surface area contributed by atoms with Crippen molar-refractivity contribution in [1.82, 2.24) is 4.90 Å². The standard InChI is InChI=1S/C12H24N2/c1-8(2)14-6-10-9(3)4-5-12(13)11(10)7-14/h8-12H,4-7,13H2,1-3H3. The first kappa shape index (κ1) is 10.4. The van der Waals surface area contributed by atoms with Gasteiger partial charge in [0.2, 0.25) is 0 Å². The molecule has 1 aliphatic carbocycles. The average Bonchev–Trinajstić information content (AvgIpc) is 2.57. The number of rotatable bonds is 1. The van der Waals surface area contributed by atoms with Crippen LogP contribution in [0.4, 0.5) is 0 Å². The van der Waals surface area contributed by atoms with Crippen LogP contribution in [0.15, 0.2) is 0 Å². The molecule has 14 heavy (non-hydrogen) atoms. The van der Waals surface area contributed by atoms with E-state index in [4.69, 9.17) is 5.73 Å². The highest BCUT2D eigenvalue weighted by molar-refractivity contribution is 4.96. The van der Waals surface area contributed by atoms with Crippen LogP contribution in [-0.4, -0.2) is 30.1 Å². The van der Waals surface area contributed by atoms with E-state index < -0.39 is 0 Å². The van der Waals surface area contributed by atoms with Crippen molar-refractivity contribution < 1.29 is 0 Å². The maximum absolute atomic E-state index is 6.22. The van der Waals surface area contributed by atoms with Crippen molar-refractivity contribution in [3.05, 3.63) is 0 Å². The molecule has 82 valence electrons. The minimum absolute atomic E-state index is 0.472. The molecule has 2 aliphatic rings. The Bertz CT molecular complexity index is 184. The van der Waals surface area contributed by atoms with Crippen LogP contribution in [0.1, 0.15) is 33.6 Å². The molecule has 2 nitrogen and oxygen atoms in total. The zero-order valence-electron chi connectivity index (χ0n) is 9.74. The minimum atomic E-state index is 0.472. The molecule has 0 aromatic carbocycles. The summed E-state index contributed by atoms with van der Waals surface area (Å²) in [5.41, 5.74) is 6.22. The molecule has 4 unspecified atom stereocenters. The lowest BCUT2D eigenvalue weighted by Crippen LogP contribution is -2.41. The number of hydrogen-bond donors (Lipinski definition) is 1. The van der Waals surface area contributed by atoms with Crippen molar-refractivity contribution in [1.29, 1.82) is 0 Å². The summed E-state index contributed by atoms with van der Waals surface area (Å²) in [5, 5.41) is 0. The van der Waals surface area contributed by atoms with Crippen molar-refractivity contribution in [2.24, 2.45) is 23.5 Å². The Morgan fingerprint density at radius 2 is 1.79 bits per heavy atom. The molecule has 2 N–H and O–H groups in total. The zero-order chi connectivity index (χ0) is 10.3. The third-order valence-corrected chi connectivity index (χ3v) is 4.41. The SMILES string of the molecule is CC1CCC(N)C2CN(C(C)C)CC12. The fourth-order valence-corrected chi connectivity index (χ4v) is 3.25. The van der Waals surface area contributed by atoms with E-state index in [1.807, 2.05) is 0 Å². The van der Waals surface area contributed by atoms with Crippen LogP contribution in [0.3, 0.4) is 0 Å². The highest BCUT2D eigenvalue weighted by Crippen LogP contribution is 2.39. The Labute approximate surface area is 87.8 Å². The molecule has 0 aromatic rings. The third kappa shape index (κ3) is 1.70. The molecule has 2 rings (SSSR count). The van der Waals surface area contributed by atoms with Crippen molar-refractivity contribution in [3.63, 3.8) is 0 Å². The molecule has 0 radical (unpaired) electrons. The van der Waals surface area contributed by atoms with Gasteiger partial charge in [0.25, 0.3) is 0 Å². The Morgan fingerprint density at radius 1 is 1.14 bits per heavy atom. The van der Waals surface area contributed by atoms with Crippen LogP contribution in [0.25, 0.3) is 0 Å². The second-order valence-electron chi connectivity index (χ2n) is 5.59. The van der Waals surface area contributed by atoms with Crippen LogP contribution in [0.5, 0.6) is 0 Å².